The lowest BCUT2D eigenvalue weighted by Crippen LogP contribution is -2.29. The fourth-order valence-corrected chi connectivity index (χ4v) is 1.58. The summed E-state index contributed by atoms with van der Waals surface area (Å²) in [5, 5.41) is 2.52. The highest BCUT2D eigenvalue weighted by Gasteiger charge is 2.13. The summed E-state index contributed by atoms with van der Waals surface area (Å²) in [5.74, 6) is 0. The van der Waals surface area contributed by atoms with Crippen molar-refractivity contribution < 1.29 is 14.3 Å². The van der Waals surface area contributed by atoms with Crippen LogP contribution in [-0.4, -0.2) is 40.7 Å². The van der Waals surface area contributed by atoms with Gasteiger partial charge in [0, 0.05) is 8.07 Å². The molecule has 0 unspecified atom stereocenters. The molecule has 0 aliphatic carbocycles. The average molecular weight is 248 g/mol. The topological polar surface area (TPSA) is 73.6 Å². The monoisotopic (exact) mass is 248 g/mol. The SMILES string of the molecule is C[Si](C)(C)CCOC(=O)NCOCCCN. The Kier molecular flexibility index (Phi) is 8.23. The van der Waals surface area contributed by atoms with Crippen molar-refractivity contribution in [2.75, 3.05) is 26.5 Å². The maximum Gasteiger partial charge on any atom is 0.408 e. The highest BCUT2D eigenvalue weighted by molar-refractivity contribution is 6.76. The molecule has 0 atom stereocenters. The zero-order valence-electron chi connectivity index (χ0n) is 10.5. The molecule has 1 amide bonds. The fourth-order valence-electron chi connectivity index (χ4n) is 0.868. The number of nitrogens with two attached hydrogens (primary N) is 1. The first-order valence-electron chi connectivity index (χ1n) is 5.64. The molecule has 96 valence electrons. The van der Waals surface area contributed by atoms with Crippen LogP contribution in [0.5, 0.6) is 0 Å². The molecule has 0 saturated carbocycles. The van der Waals surface area contributed by atoms with Crippen molar-refractivity contribution in [3.8, 4) is 0 Å². The van der Waals surface area contributed by atoms with Gasteiger partial charge in [-0.05, 0) is 19.0 Å². The molecule has 0 spiro atoms. The Labute approximate surface area is 98.7 Å². The molecule has 3 N–H and O–H groups in total. The summed E-state index contributed by atoms with van der Waals surface area (Å²) in [6, 6.07) is 0.981. The second-order valence-electron chi connectivity index (χ2n) is 4.82. The van der Waals surface area contributed by atoms with Crippen LogP contribution in [0.3, 0.4) is 0 Å². The molecule has 0 aliphatic heterocycles. The molecular formula is C10H24N2O3Si. The van der Waals surface area contributed by atoms with Crippen LogP contribution in [0.2, 0.25) is 25.7 Å². The Morgan fingerprint density at radius 1 is 1.31 bits per heavy atom. The van der Waals surface area contributed by atoms with Crippen molar-refractivity contribution in [3.63, 3.8) is 0 Å². The predicted molar refractivity (Wildman–Crippen MR) is 67.1 cm³/mol. The molecular weight excluding hydrogens is 224 g/mol. The van der Waals surface area contributed by atoms with Crippen molar-refractivity contribution in [1.82, 2.24) is 5.32 Å². The van der Waals surface area contributed by atoms with Gasteiger partial charge in [0.15, 0.2) is 0 Å². The number of carbonyl (C=O) groups is 1. The minimum Gasteiger partial charge on any atom is -0.450 e. The highest BCUT2D eigenvalue weighted by atomic mass is 28.3. The summed E-state index contributed by atoms with van der Waals surface area (Å²) in [5.41, 5.74) is 5.29. The minimum atomic E-state index is -1.12. The van der Waals surface area contributed by atoms with Gasteiger partial charge in [0.1, 0.15) is 6.73 Å². The molecule has 0 saturated heterocycles. The number of alkyl carbamates (subject to hydrolysis) is 1. The lowest BCUT2D eigenvalue weighted by Gasteiger charge is -2.15. The first-order chi connectivity index (χ1) is 7.45. The number of carbonyl (C=O) groups excluding carboxylic acids is 1. The van der Waals surface area contributed by atoms with Gasteiger partial charge in [-0.25, -0.2) is 4.79 Å². The normalized spacial score (nSPS) is 11.2. The van der Waals surface area contributed by atoms with E-state index >= 15 is 0 Å². The van der Waals surface area contributed by atoms with E-state index < -0.39 is 14.2 Å². The van der Waals surface area contributed by atoms with Gasteiger partial charge in [-0.3, -0.25) is 5.32 Å². The summed E-state index contributed by atoms with van der Waals surface area (Å²) in [4.78, 5) is 11.1. The van der Waals surface area contributed by atoms with E-state index in [1.807, 2.05) is 0 Å². The molecule has 0 aliphatic rings. The van der Waals surface area contributed by atoms with Gasteiger partial charge in [0.2, 0.25) is 0 Å². The van der Waals surface area contributed by atoms with Crippen LogP contribution in [-0.2, 0) is 9.47 Å². The fraction of sp³-hybridized carbons (Fsp3) is 0.900. The number of nitrogens with one attached hydrogen (secondary N) is 1. The van der Waals surface area contributed by atoms with Crippen molar-refractivity contribution in [3.05, 3.63) is 0 Å². The standard InChI is InChI=1S/C10H24N2O3Si/c1-16(2,3)8-7-15-10(13)12-9-14-6-4-5-11/h4-9,11H2,1-3H3,(H,12,13). The van der Waals surface area contributed by atoms with Crippen LogP contribution < -0.4 is 11.1 Å². The van der Waals surface area contributed by atoms with Crippen LogP contribution in [0.4, 0.5) is 4.79 Å². The molecule has 0 heterocycles. The highest BCUT2D eigenvalue weighted by Crippen LogP contribution is 2.07. The minimum absolute atomic E-state index is 0.186. The van der Waals surface area contributed by atoms with Gasteiger partial charge < -0.3 is 15.2 Å². The molecule has 0 aromatic rings. The number of ether oxygens (including phenoxy) is 2. The average Bonchev–Trinajstić information content (AvgIpc) is 2.15. The van der Waals surface area contributed by atoms with Crippen molar-refractivity contribution >= 4 is 14.2 Å². The van der Waals surface area contributed by atoms with Crippen molar-refractivity contribution in [1.29, 1.82) is 0 Å². The third kappa shape index (κ3) is 11.5. The summed E-state index contributed by atoms with van der Waals surface area (Å²) in [6.45, 7) is 8.56. The zero-order chi connectivity index (χ0) is 12.4. The summed E-state index contributed by atoms with van der Waals surface area (Å²) in [6.07, 6.45) is 0.387. The smallest absolute Gasteiger partial charge is 0.408 e. The Morgan fingerprint density at radius 2 is 2.00 bits per heavy atom. The number of hydrogen-bond donors (Lipinski definition) is 2. The number of hydrogen-bond acceptors (Lipinski definition) is 4. The largest absolute Gasteiger partial charge is 0.450 e. The van der Waals surface area contributed by atoms with E-state index in [1.54, 1.807) is 0 Å². The van der Waals surface area contributed by atoms with Gasteiger partial charge in [-0.1, -0.05) is 19.6 Å². The van der Waals surface area contributed by atoms with E-state index in [0.717, 1.165) is 12.5 Å². The molecule has 0 rings (SSSR count). The van der Waals surface area contributed by atoms with E-state index in [0.29, 0.717) is 19.8 Å². The van der Waals surface area contributed by atoms with Crippen LogP contribution in [0.15, 0.2) is 0 Å². The molecule has 16 heavy (non-hydrogen) atoms. The first-order valence-corrected chi connectivity index (χ1v) is 9.35. The van der Waals surface area contributed by atoms with Crippen LogP contribution in [0, 0.1) is 0 Å². The van der Waals surface area contributed by atoms with E-state index in [9.17, 15) is 4.79 Å². The molecule has 6 heteroatoms. The lowest BCUT2D eigenvalue weighted by molar-refractivity contribution is 0.0970. The van der Waals surface area contributed by atoms with Gasteiger partial charge >= 0.3 is 6.09 Å². The van der Waals surface area contributed by atoms with Gasteiger partial charge in [-0.15, -0.1) is 0 Å². The van der Waals surface area contributed by atoms with Gasteiger partial charge in [0.25, 0.3) is 0 Å². The number of rotatable bonds is 8. The quantitative estimate of drug-likeness (QED) is 0.386. The number of amides is 1. The van der Waals surface area contributed by atoms with Gasteiger partial charge in [0.05, 0.1) is 13.2 Å². The van der Waals surface area contributed by atoms with E-state index in [1.165, 1.54) is 0 Å². The van der Waals surface area contributed by atoms with Crippen LogP contribution in [0.1, 0.15) is 6.42 Å². The summed E-state index contributed by atoms with van der Waals surface area (Å²) < 4.78 is 10.1. The Hall–Kier alpha value is -0.593. The van der Waals surface area contributed by atoms with Gasteiger partial charge in [-0.2, -0.15) is 0 Å². The zero-order valence-corrected chi connectivity index (χ0v) is 11.5. The van der Waals surface area contributed by atoms with E-state index in [4.69, 9.17) is 15.2 Å². The Balaban J connectivity index is 3.32. The van der Waals surface area contributed by atoms with Crippen molar-refractivity contribution in [2.24, 2.45) is 5.73 Å². The Bertz CT molecular complexity index is 195. The molecule has 0 fully saturated rings. The second-order valence-corrected chi connectivity index (χ2v) is 10.4. The first kappa shape index (κ1) is 15.4. The maximum atomic E-state index is 11.1. The lowest BCUT2D eigenvalue weighted by atomic mass is 10.5. The third-order valence-corrected chi connectivity index (χ3v) is 3.60. The molecule has 5 nitrogen and oxygen atoms in total. The maximum absolute atomic E-state index is 11.1. The van der Waals surface area contributed by atoms with Crippen molar-refractivity contribution in [2.45, 2.75) is 32.1 Å². The second kappa shape index (κ2) is 8.55. The molecule has 0 aromatic heterocycles. The van der Waals surface area contributed by atoms with E-state index in [-0.39, 0.29) is 6.73 Å². The molecule has 0 bridgehead atoms. The summed E-state index contributed by atoms with van der Waals surface area (Å²) in [7, 11) is -1.12. The van der Waals surface area contributed by atoms with E-state index in [2.05, 4.69) is 25.0 Å². The van der Waals surface area contributed by atoms with Crippen LogP contribution >= 0.6 is 0 Å². The summed E-state index contributed by atoms with van der Waals surface area (Å²) >= 11 is 0. The third-order valence-electron chi connectivity index (χ3n) is 1.90. The van der Waals surface area contributed by atoms with Crippen LogP contribution in [0.25, 0.3) is 0 Å². The molecule has 0 aromatic carbocycles. The Morgan fingerprint density at radius 3 is 2.56 bits per heavy atom. The molecule has 0 radical (unpaired) electrons. The predicted octanol–water partition coefficient (Wildman–Crippen LogP) is 1.37.